The summed E-state index contributed by atoms with van der Waals surface area (Å²) in [6.07, 6.45) is -3.40. The summed E-state index contributed by atoms with van der Waals surface area (Å²) in [5.41, 5.74) is 5.16. The van der Waals surface area contributed by atoms with Crippen LogP contribution in [0.25, 0.3) is 0 Å². The Morgan fingerprint density at radius 2 is 1.93 bits per heavy atom. The van der Waals surface area contributed by atoms with E-state index in [-0.39, 0.29) is 0 Å². The Morgan fingerprint density at radius 1 is 1.43 bits per heavy atom. The van der Waals surface area contributed by atoms with Crippen LogP contribution in [-0.4, -0.2) is 24.2 Å². The number of hydrogen-bond acceptors (Lipinski definition) is 4. The van der Waals surface area contributed by atoms with Crippen LogP contribution in [0.1, 0.15) is 6.92 Å². The molecule has 0 spiro atoms. The first-order valence-corrected chi connectivity index (χ1v) is 3.50. The van der Waals surface area contributed by atoms with Crippen LogP contribution in [0.4, 0.5) is 13.2 Å². The summed E-state index contributed by atoms with van der Waals surface area (Å²) in [5, 5.41) is 0. The Kier molecular flexibility index (Phi) is 4.29. The Morgan fingerprint density at radius 3 is 2.29 bits per heavy atom. The molecule has 0 aromatic carbocycles. The van der Waals surface area contributed by atoms with Gasteiger partial charge in [0.25, 0.3) is 0 Å². The van der Waals surface area contributed by atoms with E-state index < -0.39 is 24.2 Å². The normalized spacial score (nSPS) is 14.1. The lowest BCUT2D eigenvalue weighted by Crippen LogP contribution is -2.27. The molecule has 0 heterocycles. The van der Waals surface area contributed by atoms with E-state index in [0.29, 0.717) is 6.08 Å². The summed E-state index contributed by atoms with van der Waals surface area (Å²) in [6, 6.07) is -0.511. The van der Waals surface area contributed by atoms with Gasteiger partial charge in [-0.25, -0.2) is 9.59 Å². The molecule has 0 fully saturated rings. The minimum atomic E-state index is -5.17. The van der Waals surface area contributed by atoms with Gasteiger partial charge in [-0.3, -0.25) is 0 Å². The molecule has 0 radical (unpaired) electrons. The van der Waals surface area contributed by atoms with Crippen LogP contribution in [0.3, 0.4) is 0 Å². The molecule has 0 saturated heterocycles. The molecule has 2 N–H and O–H groups in total. The highest BCUT2D eigenvalue weighted by atomic mass is 19.4. The van der Waals surface area contributed by atoms with Crippen molar-refractivity contribution >= 4 is 11.9 Å². The first kappa shape index (κ1) is 12.6. The average Bonchev–Trinajstić information content (AvgIpc) is 1.99. The summed E-state index contributed by atoms with van der Waals surface area (Å²) in [7, 11) is 0. The number of rotatable bonds is 2. The molecule has 0 unspecified atom stereocenters. The van der Waals surface area contributed by atoms with E-state index in [1.165, 1.54) is 6.92 Å². The second kappa shape index (κ2) is 4.75. The van der Waals surface area contributed by atoms with Crippen molar-refractivity contribution in [2.75, 3.05) is 0 Å². The Labute approximate surface area is 77.5 Å². The summed E-state index contributed by atoms with van der Waals surface area (Å²) in [6.45, 7) is 1.50. The zero-order valence-electron chi connectivity index (χ0n) is 7.17. The van der Waals surface area contributed by atoms with E-state index >= 15 is 0 Å². The highest BCUT2D eigenvalue weighted by molar-refractivity contribution is 5.93. The van der Waals surface area contributed by atoms with Gasteiger partial charge >= 0.3 is 18.1 Å². The van der Waals surface area contributed by atoms with Gasteiger partial charge in [-0.1, -0.05) is 6.08 Å². The number of esters is 2. The van der Waals surface area contributed by atoms with Gasteiger partial charge in [0.05, 0.1) is 0 Å². The zero-order valence-corrected chi connectivity index (χ0v) is 7.17. The SMILES string of the molecule is C[C@@H](N)/C=C/C(=O)OC(=O)C(F)(F)F. The van der Waals surface area contributed by atoms with Gasteiger partial charge in [0.1, 0.15) is 0 Å². The van der Waals surface area contributed by atoms with Crippen molar-refractivity contribution in [1.29, 1.82) is 0 Å². The van der Waals surface area contributed by atoms with Crippen LogP contribution in [0, 0.1) is 0 Å². The summed E-state index contributed by atoms with van der Waals surface area (Å²) >= 11 is 0. The molecular weight excluding hydrogens is 203 g/mol. The van der Waals surface area contributed by atoms with Gasteiger partial charge in [-0.05, 0) is 6.92 Å². The monoisotopic (exact) mass is 211 g/mol. The standard InChI is InChI=1S/C7H8F3NO3/c1-4(11)2-3-5(12)14-6(13)7(8,9)10/h2-4H,11H2,1H3/b3-2+/t4-/m1/s1. The number of nitrogens with two attached hydrogens (primary N) is 1. The summed E-state index contributed by atoms with van der Waals surface area (Å²) in [5.74, 6) is -3.94. The second-order valence-corrected chi connectivity index (χ2v) is 2.42. The third-order valence-corrected chi connectivity index (χ3v) is 0.961. The number of hydrogen-bond donors (Lipinski definition) is 1. The molecule has 0 rings (SSSR count). The maximum Gasteiger partial charge on any atom is 0.491 e. The molecule has 0 bridgehead atoms. The maximum atomic E-state index is 11.5. The topological polar surface area (TPSA) is 69.4 Å². The van der Waals surface area contributed by atoms with Crippen LogP contribution in [0.2, 0.25) is 0 Å². The fourth-order valence-corrected chi connectivity index (χ4v) is 0.414. The van der Waals surface area contributed by atoms with Crippen LogP contribution in [0.15, 0.2) is 12.2 Å². The lowest BCUT2D eigenvalue weighted by Gasteiger charge is -2.02. The fourth-order valence-electron chi connectivity index (χ4n) is 0.414. The van der Waals surface area contributed by atoms with Gasteiger partial charge in [0.2, 0.25) is 0 Å². The number of carbonyl (C=O) groups is 2. The Bertz CT molecular complexity index is 257. The maximum absolute atomic E-state index is 11.5. The van der Waals surface area contributed by atoms with E-state index in [2.05, 4.69) is 4.74 Å². The van der Waals surface area contributed by atoms with E-state index in [1.54, 1.807) is 0 Å². The zero-order chi connectivity index (χ0) is 11.4. The predicted octanol–water partition coefficient (Wildman–Crippen LogP) is 0.522. The lowest BCUT2D eigenvalue weighted by molar-refractivity contribution is -0.200. The molecule has 1 atom stereocenters. The van der Waals surface area contributed by atoms with Crippen molar-refractivity contribution in [2.24, 2.45) is 5.73 Å². The van der Waals surface area contributed by atoms with Crippen LogP contribution in [-0.2, 0) is 14.3 Å². The van der Waals surface area contributed by atoms with E-state index in [1.807, 2.05) is 0 Å². The Balaban J connectivity index is 4.15. The number of alkyl halides is 3. The molecule has 0 amide bonds. The largest absolute Gasteiger partial charge is 0.491 e. The molecule has 0 aromatic rings. The average molecular weight is 211 g/mol. The predicted molar refractivity (Wildman–Crippen MR) is 39.9 cm³/mol. The number of halogens is 3. The van der Waals surface area contributed by atoms with Gasteiger partial charge in [-0.2, -0.15) is 13.2 Å². The highest BCUT2D eigenvalue weighted by Gasteiger charge is 2.42. The van der Waals surface area contributed by atoms with Crippen molar-refractivity contribution in [3.8, 4) is 0 Å². The molecule has 0 aliphatic carbocycles. The van der Waals surface area contributed by atoms with Crippen LogP contribution < -0.4 is 5.73 Å². The molecule has 14 heavy (non-hydrogen) atoms. The minimum absolute atomic E-state index is 0.511. The third-order valence-electron chi connectivity index (χ3n) is 0.961. The van der Waals surface area contributed by atoms with Gasteiger partial charge in [0, 0.05) is 12.1 Å². The van der Waals surface area contributed by atoms with Crippen LogP contribution in [0.5, 0.6) is 0 Å². The number of carbonyl (C=O) groups excluding carboxylic acids is 2. The van der Waals surface area contributed by atoms with Gasteiger partial charge < -0.3 is 10.5 Å². The van der Waals surface area contributed by atoms with Crippen molar-refractivity contribution in [3.05, 3.63) is 12.2 Å². The highest BCUT2D eigenvalue weighted by Crippen LogP contribution is 2.16. The summed E-state index contributed by atoms with van der Waals surface area (Å²) < 4.78 is 38.0. The van der Waals surface area contributed by atoms with Crippen molar-refractivity contribution < 1.29 is 27.5 Å². The second-order valence-electron chi connectivity index (χ2n) is 2.42. The molecule has 0 aromatic heterocycles. The molecule has 80 valence electrons. The van der Waals surface area contributed by atoms with Crippen molar-refractivity contribution in [2.45, 2.75) is 19.1 Å². The Hall–Kier alpha value is -1.37. The first-order valence-electron chi connectivity index (χ1n) is 3.50. The van der Waals surface area contributed by atoms with Crippen LogP contribution >= 0.6 is 0 Å². The molecule has 4 nitrogen and oxygen atoms in total. The molecular formula is C7H8F3NO3. The van der Waals surface area contributed by atoms with E-state index in [0.717, 1.165) is 6.08 Å². The molecule has 0 saturated carbocycles. The third kappa shape index (κ3) is 5.31. The fraction of sp³-hybridized carbons (Fsp3) is 0.429. The quantitative estimate of drug-likeness (QED) is 0.410. The molecule has 0 aliphatic rings. The van der Waals surface area contributed by atoms with Gasteiger partial charge in [-0.15, -0.1) is 0 Å². The van der Waals surface area contributed by atoms with E-state index in [4.69, 9.17) is 5.73 Å². The van der Waals surface area contributed by atoms with Gasteiger partial charge in [0.15, 0.2) is 0 Å². The minimum Gasteiger partial charge on any atom is -0.383 e. The van der Waals surface area contributed by atoms with Crippen molar-refractivity contribution in [1.82, 2.24) is 0 Å². The molecule has 0 aliphatic heterocycles. The molecule has 7 heteroatoms. The first-order chi connectivity index (χ1) is 6.23. The lowest BCUT2D eigenvalue weighted by atomic mass is 10.3. The number of ether oxygens (including phenoxy) is 1. The van der Waals surface area contributed by atoms with Crippen molar-refractivity contribution in [3.63, 3.8) is 0 Å². The summed E-state index contributed by atoms with van der Waals surface area (Å²) in [4.78, 5) is 20.6. The van der Waals surface area contributed by atoms with E-state index in [9.17, 15) is 22.8 Å². The smallest absolute Gasteiger partial charge is 0.383 e.